The van der Waals surface area contributed by atoms with Gasteiger partial charge in [-0.2, -0.15) is 0 Å². The van der Waals surface area contributed by atoms with Gasteiger partial charge in [0.05, 0.1) is 0 Å². The summed E-state index contributed by atoms with van der Waals surface area (Å²) in [6, 6.07) is 15.0. The highest BCUT2D eigenvalue weighted by Crippen LogP contribution is 2.44. The van der Waals surface area contributed by atoms with Crippen LogP contribution in [0, 0.1) is 5.41 Å². The largest absolute Gasteiger partial charge is 0.481 e. The Bertz CT molecular complexity index is 1070. The summed E-state index contributed by atoms with van der Waals surface area (Å²) in [5, 5.41) is 14.7. The number of rotatable bonds is 8. The van der Waals surface area contributed by atoms with Crippen molar-refractivity contribution in [2.24, 2.45) is 5.41 Å². The molecule has 8 nitrogen and oxygen atoms in total. The summed E-state index contributed by atoms with van der Waals surface area (Å²) in [6.07, 6.45) is -0.996. The Balaban J connectivity index is 1.41. The minimum atomic E-state index is -1.03. The number of hydrogen-bond acceptors (Lipinski definition) is 5. The van der Waals surface area contributed by atoms with Crippen LogP contribution in [-0.2, 0) is 14.3 Å². The van der Waals surface area contributed by atoms with E-state index < -0.39 is 24.0 Å². The summed E-state index contributed by atoms with van der Waals surface area (Å²) < 4.78 is 5.57. The molecule has 2 aromatic rings. The molecule has 1 fully saturated rings. The topological polar surface area (TPSA) is 108 Å². The second-order valence-electron chi connectivity index (χ2n) is 10.2. The van der Waals surface area contributed by atoms with Crippen LogP contribution in [0.25, 0.3) is 11.1 Å². The Morgan fingerprint density at radius 3 is 2.23 bits per heavy atom. The second-order valence-corrected chi connectivity index (χ2v) is 10.2. The monoisotopic (exact) mass is 479 g/mol. The van der Waals surface area contributed by atoms with E-state index in [-0.39, 0.29) is 36.8 Å². The highest BCUT2D eigenvalue weighted by molar-refractivity contribution is 5.86. The zero-order valence-electron chi connectivity index (χ0n) is 20.4. The number of fused-ring (bicyclic) bond motifs is 3. The predicted octanol–water partition coefficient (Wildman–Crippen LogP) is 3.21. The van der Waals surface area contributed by atoms with Crippen molar-refractivity contribution in [3.8, 4) is 11.1 Å². The molecule has 2 atom stereocenters. The van der Waals surface area contributed by atoms with Crippen molar-refractivity contribution < 1.29 is 24.2 Å². The molecule has 3 N–H and O–H groups in total. The number of nitrogens with one attached hydrogen (secondary N) is 2. The summed E-state index contributed by atoms with van der Waals surface area (Å²) in [5.74, 6) is -1.53. The number of carbonyl (C=O) groups is 3. The van der Waals surface area contributed by atoms with Gasteiger partial charge in [-0.25, -0.2) is 4.79 Å². The van der Waals surface area contributed by atoms with E-state index in [9.17, 15) is 14.4 Å². The molecule has 2 amide bonds. The van der Waals surface area contributed by atoms with Crippen molar-refractivity contribution in [2.75, 3.05) is 26.7 Å². The minimum absolute atomic E-state index is 0.0195. The van der Waals surface area contributed by atoms with Gasteiger partial charge in [-0.3, -0.25) is 9.59 Å². The van der Waals surface area contributed by atoms with Crippen molar-refractivity contribution >= 4 is 18.0 Å². The Morgan fingerprint density at radius 2 is 1.69 bits per heavy atom. The molecule has 4 rings (SSSR count). The van der Waals surface area contributed by atoms with Crippen LogP contribution in [0.15, 0.2) is 48.5 Å². The first-order valence-electron chi connectivity index (χ1n) is 12.0. The Kier molecular flexibility index (Phi) is 7.12. The molecular weight excluding hydrogens is 446 g/mol. The van der Waals surface area contributed by atoms with Gasteiger partial charge in [0.25, 0.3) is 0 Å². The molecule has 2 aliphatic rings. The highest BCUT2D eigenvalue weighted by atomic mass is 16.5. The van der Waals surface area contributed by atoms with E-state index in [0.29, 0.717) is 6.54 Å². The molecule has 1 saturated heterocycles. The van der Waals surface area contributed by atoms with Crippen LogP contribution < -0.4 is 10.6 Å². The third-order valence-electron chi connectivity index (χ3n) is 7.03. The standard InChI is InChI=1S/C27H33N3O5/c1-27(2)16-30(3)14-23(27)29-25(33)22(12-13-24(31)32)28-26(34)35-15-21-19-10-6-4-8-17(19)18-9-5-7-11-20(18)21/h4-11,21-23H,12-16H2,1-3H3,(H,28,34)(H,29,33)(H,31,32). The van der Waals surface area contributed by atoms with Gasteiger partial charge in [-0.1, -0.05) is 62.4 Å². The molecular formula is C27H33N3O5. The molecule has 1 heterocycles. The predicted molar refractivity (Wildman–Crippen MR) is 132 cm³/mol. The van der Waals surface area contributed by atoms with Crippen LogP contribution in [0.1, 0.15) is 43.7 Å². The van der Waals surface area contributed by atoms with E-state index >= 15 is 0 Å². The lowest BCUT2D eigenvalue weighted by Crippen LogP contribution is -2.53. The number of hydrogen-bond donors (Lipinski definition) is 3. The van der Waals surface area contributed by atoms with E-state index in [2.05, 4.69) is 41.5 Å². The molecule has 35 heavy (non-hydrogen) atoms. The number of likely N-dealkylation sites (tertiary alicyclic amines) is 1. The molecule has 186 valence electrons. The van der Waals surface area contributed by atoms with Crippen molar-refractivity contribution in [1.82, 2.24) is 15.5 Å². The van der Waals surface area contributed by atoms with E-state index in [0.717, 1.165) is 28.8 Å². The van der Waals surface area contributed by atoms with Crippen LogP contribution in [0.5, 0.6) is 0 Å². The summed E-state index contributed by atoms with van der Waals surface area (Å²) in [4.78, 5) is 39.1. The number of likely N-dealkylation sites (N-methyl/N-ethyl adjacent to an activating group) is 1. The summed E-state index contributed by atoms with van der Waals surface area (Å²) in [5.41, 5.74) is 4.30. The number of carboxylic acids is 1. The van der Waals surface area contributed by atoms with Gasteiger partial charge in [0.15, 0.2) is 0 Å². The Morgan fingerprint density at radius 1 is 1.09 bits per heavy atom. The minimum Gasteiger partial charge on any atom is -0.481 e. The molecule has 2 aromatic carbocycles. The number of aliphatic carboxylic acids is 1. The van der Waals surface area contributed by atoms with Gasteiger partial charge in [0, 0.05) is 31.5 Å². The van der Waals surface area contributed by atoms with Gasteiger partial charge in [-0.15, -0.1) is 0 Å². The maximum Gasteiger partial charge on any atom is 0.407 e. The lowest BCUT2D eigenvalue weighted by Gasteiger charge is -2.28. The summed E-state index contributed by atoms with van der Waals surface area (Å²) >= 11 is 0. The molecule has 0 radical (unpaired) electrons. The van der Waals surface area contributed by atoms with Crippen molar-refractivity contribution in [1.29, 1.82) is 0 Å². The highest BCUT2D eigenvalue weighted by Gasteiger charge is 2.39. The molecule has 1 aliphatic heterocycles. The first kappa shape index (κ1) is 24.7. The van der Waals surface area contributed by atoms with E-state index in [1.807, 2.05) is 43.4 Å². The molecule has 8 heteroatoms. The third kappa shape index (κ3) is 5.48. The normalized spacial score (nSPS) is 19.5. The average molecular weight is 480 g/mol. The first-order chi connectivity index (χ1) is 16.7. The Labute approximate surface area is 205 Å². The van der Waals surface area contributed by atoms with Crippen LogP contribution in [0.4, 0.5) is 4.79 Å². The number of nitrogens with zero attached hydrogens (tertiary/aromatic N) is 1. The first-order valence-corrected chi connectivity index (χ1v) is 12.0. The quantitative estimate of drug-likeness (QED) is 0.537. The van der Waals surface area contributed by atoms with E-state index in [4.69, 9.17) is 9.84 Å². The van der Waals surface area contributed by atoms with Crippen LogP contribution in [-0.4, -0.2) is 66.8 Å². The molecule has 0 spiro atoms. The maximum atomic E-state index is 13.0. The molecule has 0 aromatic heterocycles. The van der Waals surface area contributed by atoms with Gasteiger partial charge in [-0.05, 0) is 41.1 Å². The maximum absolute atomic E-state index is 13.0. The van der Waals surface area contributed by atoms with Crippen LogP contribution in [0.2, 0.25) is 0 Å². The second kappa shape index (κ2) is 10.1. The fourth-order valence-electron chi connectivity index (χ4n) is 5.26. The number of carbonyl (C=O) groups excluding carboxylic acids is 2. The molecule has 0 bridgehead atoms. The van der Waals surface area contributed by atoms with E-state index in [1.54, 1.807) is 0 Å². The zero-order chi connectivity index (χ0) is 25.2. The zero-order valence-corrected chi connectivity index (χ0v) is 20.4. The van der Waals surface area contributed by atoms with Gasteiger partial charge < -0.3 is 25.4 Å². The SMILES string of the molecule is CN1CC(NC(=O)C(CCC(=O)O)NC(=O)OCC2c3ccccc3-c3ccccc32)C(C)(C)C1. The Hall–Kier alpha value is -3.39. The van der Waals surface area contributed by atoms with Gasteiger partial charge in [0.2, 0.25) is 5.91 Å². The van der Waals surface area contributed by atoms with E-state index in [1.165, 1.54) is 0 Å². The van der Waals surface area contributed by atoms with Crippen molar-refractivity contribution in [3.05, 3.63) is 59.7 Å². The number of ether oxygens (including phenoxy) is 1. The van der Waals surface area contributed by atoms with Crippen LogP contribution in [0.3, 0.4) is 0 Å². The van der Waals surface area contributed by atoms with Gasteiger partial charge in [0.1, 0.15) is 12.6 Å². The number of amides is 2. The number of alkyl carbamates (subject to hydrolysis) is 1. The van der Waals surface area contributed by atoms with Crippen molar-refractivity contribution in [3.63, 3.8) is 0 Å². The summed E-state index contributed by atoms with van der Waals surface area (Å²) in [7, 11) is 1.99. The number of carboxylic acid groups (broad SMARTS) is 1. The van der Waals surface area contributed by atoms with Gasteiger partial charge >= 0.3 is 12.1 Å². The average Bonchev–Trinajstić information content (AvgIpc) is 3.26. The fraction of sp³-hybridized carbons (Fsp3) is 0.444. The molecule has 1 aliphatic carbocycles. The summed E-state index contributed by atoms with van der Waals surface area (Å²) in [6.45, 7) is 5.79. The molecule has 2 unspecified atom stereocenters. The lowest BCUT2D eigenvalue weighted by atomic mass is 9.87. The molecule has 0 saturated carbocycles. The number of benzene rings is 2. The lowest BCUT2D eigenvalue weighted by molar-refractivity contribution is -0.137. The fourth-order valence-corrected chi connectivity index (χ4v) is 5.26. The van der Waals surface area contributed by atoms with Crippen LogP contribution >= 0.6 is 0 Å². The third-order valence-corrected chi connectivity index (χ3v) is 7.03. The van der Waals surface area contributed by atoms with Crippen molar-refractivity contribution in [2.45, 2.75) is 44.7 Å². The smallest absolute Gasteiger partial charge is 0.407 e.